The molecule has 1 fully saturated rings. The van der Waals surface area contributed by atoms with E-state index < -0.39 is 11.2 Å². The smallest absolute Gasteiger partial charge is 0.305 e. The summed E-state index contributed by atoms with van der Waals surface area (Å²) < 4.78 is 0. The third-order valence-corrected chi connectivity index (χ3v) is 5.47. The van der Waals surface area contributed by atoms with Gasteiger partial charge in [0.15, 0.2) is 5.17 Å². The standard InChI is InChI=1S/C18H13Cl2N3O3S/c19-13-6-5-12(7-14(13)20)11-3-1-10(2-4-11)9-21-23-18-22-17(26)15(27-18)8-16(24)25/h1-7,9,15H,8H2,(H,24,25)(H,22,23,26). The molecule has 2 N–H and O–H groups in total. The molecule has 138 valence electrons. The van der Waals surface area contributed by atoms with Crippen LogP contribution in [-0.4, -0.2) is 33.6 Å². The molecule has 1 atom stereocenters. The maximum absolute atomic E-state index is 11.6. The van der Waals surface area contributed by atoms with Gasteiger partial charge in [0.25, 0.3) is 0 Å². The number of rotatable bonds is 5. The van der Waals surface area contributed by atoms with E-state index in [1.165, 1.54) is 0 Å². The molecule has 0 spiro atoms. The van der Waals surface area contributed by atoms with Gasteiger partial charge in [-0.05, 0) is 28.8 Å². The van der Waals surface area contributed by atoms with Crippen LogP contribution in [0.25, 0.3) is 11.1 Å². The van der Waals surface area contributed by atoms with Crippen LogP contribution in [-0.2, 0) is 9.59 Å². The Kier molecular flexibility index (Phi) is 6.15. The van der Waals surface area contributed by atoms with Gasteiger partial charge in [-0.15, -0.1) is 5.10 Å². The summed E-state index contributed by atoms with van der Waals surface area (Å²) in [7, 11) is 0. The summed E-state index contributed by atoms with van der Waals surface area (Å²) >= 11 is 13.0. The third kappa shape index (κ3) is 5.09. The van der Waals surface area contributed by atoms with Crippen molar-refractivity contribution >= 4 is 58.2 Å². The van der Waals surface area contributed by atoms with E-state index >= 15 is 0 Å². The second kappa shape index (κ2) is 8.56. The third-order valence-electron chi connectivity index (χ3n) is 3.66. The van der Waals surface area contributed by atoms with Crippen LogP contribution in [0.1, 0.15) is 12.0 Å². The lowest BCUT2D eigenvalue weighted by molar-refractivity contribution is -0.138. The number of nitrogens with zero attached hydrogens (tertiary/aromatic N) is 2. The second-order valence-electron chi connectivity index (χ2n) is 5.59. The first-order chi connectivity index (χ1) is 12.9. The van der Waals surface area contributed by atoms with Crippen molar-refractivity contribution in [2.75, 3.05) is 0 Å². The van der Waals surface area contributed by atoms with Gasteiger partial charge < -0.3 is 10.4 Å². The van der Waals surface area contributed by atoms with E-state index in [9.17, 15) is 9.59 Å². The van der Waals surface area contributed by atoms with Crippen molar-refractivity contribution in [3.05, 3.63) is 58.1 Å². The Hall–Kier alpha value is -2.35. The van der Waals surface area contributed by atoms with E-state index in [4.69, 9.17) is 28.3 Å². The molecule has 1 unspecified atom stereocenters. The quantitative estimate of drug-likeness (QED) is 0.562. The predicted molar refractivity (Wildman–Crippen MR) is 109 cm³/mol. The topological polar surface area (TPSA) is 91.1 Å². The molecule has 1 aliphatic heterocycles. The number of carboxylic acids is 1. The molecule has 2 aromatic rings. The highest BCUT2D eigenvalue weighted by Gasteiger charge is 2.32. The Balaban J connectivity index is 1.65. The molecular weight excluding hydrogens is 409 g/mol. The molecular formula is C18H13Cl2N3O3S. The second-order valence-corrected chi connectivity index (χ2v) is 7.60. The number of halogens is 2. The van der Waals surface area contributed by atoms with Crippen LogP contribution in [0.5, 0.6) is 0 Å². The average molecular weight is 422 g/mol. The fraction of sp³-hybridized carbons (Fsp3) is 0.111. The summed E-state index contributed by atoms with van der Waals surface area (Å²) in [6.07, 6.45) is 1.29. The predicted octanol–water partition coefficient (Wildman–Crippen LogP) is 4.06. The van der Waals surface area contributed by atoms with Gasteiger partial charge in [-0.3, -0.25) is 9.59 Å². The Morgan fingerprint density at radius 2 is 1.85 bits per heavy atom. The average Bonchev–Trinajstić information content (AvgIpc) is 2.97. The minimum atomic E-state index is -1.03. The number of thioether (sulfide) groups is 1. The number of hydrogen-bond acceptors (Lipinski definition) is 5. The summed E-state index contributed by atoms with van der Waals surface area (Å²) in [5.74, 6) is -1.41. The Labute approximate surface area is 169 Å². The molecule has 2 aromatic carbocycles. The van der Waals surface area contributed by atoms with Crippen molar-refractivity contribution < 1.29 is 14.7 Å². The molecule has 1 saturated heterocycles. The lowest BCUT2D eigenvalue weighted by Crippen LogP contribution is -2.26. The highest BCUT2D eigenvalue weighted by atomic mass is 35.5. The van der Waals surface area contributed by atoms with Gasteiger partial charge in [0, 0.05) is 0 Å². The number of nitrogens with one attached hydrogen (secondary N) is 1. The van der Waals surface area contributed by atoms with Crippen LogP contribution in [0.15, 0.2) is 52.7 Å². The number of amidine groups is 1. The zero-order valence-corrected chi connectivity index (χ0v) is 16.1. The lowest BCUT2D eigenvalue weighted by Gasteiger charge is -2.04. The van der Waals surface area contributed by atoms with Crippen molar-refractivity contribution in [3.8, 4) is 11.1 Å². The van der Waals surface area contributed by atoms with Crippen LogP contribution in [0, 0.1) is 0 Å². The van der Waals surface area contributed by atoms with Crippen LogP contribution in [0.3, 0.4) is 0 Å². The maximum atomic E-state index is 11.6. The molecule has 0 bridgehead atoms. The maximum Gasteiger partial charge on any atom is 0.305 e. The molecule has 1 aliphatic rings. The molecule has 6 nitrogen and oxygen atoms in total. The molecule has 0 saturated carbocycles. The first kappa shape index (κ1) is 19.4. The van der Waals surface area contributed by atoms with E-state index in [1.807, 2.05) is 30.3 Å². The van der Waals surface area contributed by atoms with Gasteiger partial charge in [-0.25, -0.2) is 0 Å². The molecule has 0 radical (unpaired) electrons. The van der Waals surface area contributed by atoms with Crippen LogP contribution in [0.2, 0.25) is 10.0 Å². The summed E-state index contributed by atoms with van der Waals surface area (Å²) in [5.41, 5.74) is 2.74. The lowest BCUT2D eigenvalue weighted by atomic mass is 10.0. The number of hydrogen-bond donors (Lipinski definition) is 2. The summed E-state index contributed by atoms with van der Waals surface area (Å²) in [5, 5.41) is 19.7. The van der Waals surface area contributed by atoms with E-state index in [1.54, 1.807) is 18.3 Å². The zero-order valence-electron chi connectivity index (χ0n) is 13.7. The van der Waals surface area contributed by atoms with E-state index in [-0.39, 0.29) is 17.5 Å². The molecule has 0 aliphatic carbocycles. The number of carboxylic acid groups (broad SMARTS) is 1. The van der Waals surface area contributed by atoms with Crippen molar-refractivity contribution in [1.29, 1.82) is 0 Å². The van der Waals surface area contributed by atoms with Crippen molar-refractivity contribution in [3.63, 3.8) is 0 Å². The normalized spacial score (nSPS) is 18.2. The minimum absolute atomic E-state index is 0.255. The molecule has 1 heterocycles. The van der Waals surface area contributed by atoms with Gasteiger partial charge in [0.05, 0.1) is 22.7 Å². The Morgan fingerprint density at radius 1 is 1.15 bits per heavy atom. The summed E-state index contributed by atoms with van der Waals surface area (Å²) in [6.45, 7) is 0. The van der Waals surface area contributed by atoms with Gasteiger partial charge in [0.1, 0.15) is 5.25 Å². The van der Waals surface area contributed by atoms with Crippen LogP contribution >= 0.6 is 35.0 Å². The fourth-order valence-corrected chi connectivity index (χ4v) is 3.54. The number of carbonyl (C=O) groups is 2. The molecule has 3 rings (SSSR count). The summed E-state index contributed by atoms with van der Waals surface area (Å²) in [6, 6.07) is 13.0. The minimum Gasteiger partial charge on any atom is -0.481 e. The fourth-order valence-electron chi connectivity index (χ4n) is 2.33. The largest absolute Gasteiger partial charge is 0.481 e. The number of amides is 1. The van der Waals surface area contributed by atoms with Crippen molar-refractivity contribution in [2.24, 2.45) is 10.2 Å². The number of carbonyl (C=O) groups excluding carboxylic acids is 1. The van der Waals surface area contributed by atoms with Gasteiger partial charge >= 0.3 is 5.97 Å². The highest BCUT2D eigenvalue weighted by Crippen LogP contribution is 2.28. The van der Waals surface area contributed by atoms with Gasteiger partial charge in [-0.2, -0.15) is 5.10 Å². The van der Waals surface area contributed by atoms with E-state index in [0.29, 0.717) is 10.0 Å². The first-order valence-corrected chi connectivity index (χ1v) is 9.42. The zero-order chi connectivity index (χ0) is 19.4. The Bertz CT molecular complexity index is 945. The summed E-state index contributed by atoms with van der Waals surface area (Å²) in [4.78, 5) is 22.3. The first-order valence-electron chi connectivity index (χ1n) is 7.78. The highest BCUT2D eigenvalue weighted by molar-refractivity contribution is 8.15. The molecule has 9 heteroatoms. The van der Waals surface area contributed by atoms with E-state index in [0.717, 1.165) is 28.5 Å². The van der Waals surface area contributed by atoms with Crippen molar-refractivity contribution in [2.45, 2.75) is 11.7 Å². The van der Waals surface area contributed by atoms with Crippen LogP contribution in [0.4, 0.5) is 0 Å². The van der Waals surface area contributed by atoms with Gasteiger partial charge in [-0.1, -0.05) is 65.3 Å². The van der Waals surface area contributed by atoms with Gasteiger partial charge in [0.2, 0.25) is 5.91 Å². The molecule has 1 amide bonds. The van der Waals surface area contributed by atoms with Crippen molar-refractivity contribution in [1.82, 2.24) is 5.32 Å². The van der Waals surface area contributed by atoms with Crippen LogP contribution < -0.4 is 5.32 Å². The Morgan fingerprint density at radius 3 is 2.52 bits per heavy atom. The SMILES string of the molecule is O=C(O)CC1SC(=NN=Cc2ccc(-c3ccc(Cl)c(Cl)c3)cc2)NC1=O. The number of aliphatic carboxylic acids is 1. The van der Waals surface area contributed by atoms with E-state index in [2.05, 4.69) is 15.5 Å². The molecule has 27 heavy (non-hydrogen) atoms. The molecule has 0 aromatic heterocycles. The monoisotopic (exact) mass is 421 g/mol. The number of benzene rings is 2.